The lowest BCUT2D eigenvalue weighted by Gasteiger charge is -2.21. The number of thiophene rings is 1. The molecule has 128 valence electrons. The second-order valence-electron chi connectivity index (χ2n) is 6.09. The number of rotatable bonds is 7. The fraction of sp³-hybridized carbons (Fsp3) is 0.316. The van der Waals surface area contributed by atoms with Crippen LogP contribution in [-0.4, -0.2) is 18.5 Å². The lowest BCUT2D eigenvalue weighted by Crippen LogP contribution is -2.40. The Balaban J connectivity index is 2.25. The summed E-state index contributed by atoms with van der Waals surface area (Å²) in [6.45, 7) is 4.10. The van der Waals surface area contributed by atoms with Crippen molar-refractivity contribution in [1.82, 2.24) is 5.32 Å². The van der Waals surface area contributed by atoms with E-state index in [1.54, 1.807) is 6.07 Å². The highest BCUT2D eigenvalue weighted by atomic mass is 32.1. The summed E-state index contributed by atoms with van der Waals surface area (Å²) in [5.41, 5.74) is 3.35. The van der Waals surface area contributed by atoms with Crippen LogP contribution in [-0.2, 0) is 4.79 Å². The molecule has 0 bridgehead atoms. The highest BCUT2D eigenvalue weighted by molar-refractivity contribution is 7.08. The maximum atomic E-state index is 12.3. The van der Waals surface area contributed by atoms with E-state index in [0.717, 1.165) is 16.8 Å². The van der Waals surface area contributed by atoms with E-state index in [2.05, 4.69) is 30.6 Å². The third-order valence-electron chi connectivity index (χ3n) is 3.66. The summed E-state index contributed by atoms with van der Waals surface area (Å²) in [5.74, 6) is 0.146. The molecule has 2 N–H and O–H groups in total. The van der Waals surface area contributed by atoms with Crippen LogP contribution in [0, 0.1) is 28.6 Å². The Kier molecular flexibility index (Phi) is 6.56. The molecule has 0 saturated carbocycles. The second kappa shape index (κ2) is 8.86. The number of anilines is 1. The standard InChI is InChI=1S/C19H20N4OS/c1-13(2)8-17(19(24)22-7-6-20)23-18-12-25-11-16(18)15-5-3-4-14(9-15)10-21/h3-5,9,11-13,17,23H,7-8H2,1-2H3,(H,22,24)/t17-/m0/s1. The van der Waals surface area contributed by atoms with Crippen molar-refractivity contribution in [3.05, 3.63) is 40.6 Å². The van der Waals surface area contributed by atoms with Crippen LogP contribution in [0.3, 0.4) is 0 Å². The summed E-state index contributed by atoms with van der Waals surface area (Å²) in [5, 5.41) is 27.6. The SMILES string of the molecule is CC(C)C[C@H](Nc1cscc1-c1cccc(C#N)c1)C(=O)NCC#N. The molecular weight excluding hydrogens is 332 g/mol. The van der Waals surface area contributed by atoms with Crippen LogP contribution in [0.15, 0.2) is 35.0 Å². The number of hydrogen-bond acceptors (Lipinski definition) is 5. The van der Waals surface area contributed by atoms with E-state index < -0.39 is 6.04 Å². The largest absolute Gasteiger partial charge is 0.372 e. The lowest BCUT2D eigenvalue weighted by molar-refractivity contribution is -0.121. The minimum absolute atomic E-state index is 0.00415. The Morgan fingerprint density at radius 2 is 2.08 bits per heavy atom. The summed E-state index contributed by atoms with van der Waals surface area (Å²) in [6, 6.07) is 11.0. The molecule has 1 atom stereocenters. The maximum Gasteiger partial charge on any atom is 0.243 e. The molecule has 6 heteroatoms. The molecule has 0 aliphatic heterocycles. The van der Waals surface area contributed by atoms with Gasteiger partial charge in [-0.2, -0.15) is 10.5 Å². The van der Waals surface area contributed by atoms with Crippen LogP contribution in [0.4, 0.5) is 5.69 Å². The molecule has 0 saturated heterocycles. The van der Waals surface area contributed by atoms with Gasteiger partial charge in [-0.1, -0.05) is 26.0 Å². The zero-order valence-electron chi connectivity index (χ0n) is 14.2. The third kappa shape index (κ3) is 5.07. The van der Waals surface area contributed by atoms with E-state index in [0.29, 0.717) is 17.9 Å². The maximum absolute atomic E-state index is 12.3. The van der Waals surface area contributed by atoms with Crippen molar-refractivity contribution >= 4 is 22.9 Å². The zero-order valence-corrected chi connectivity index (χ0v) is 15.1. The van der Waals surface area contributed by atoms with Gasteiger partial charge in [0.15, 0.2) is 0 Å². The monoisotopic (exact) mass is 352 g/mol. The number of nitriles is 2. The summed E-state index contributed by atoms with van der Waals surface area (Å²) in [4.78, 5) is 12.3. The van der Waals surface area contributed by atoms with E-state index in [4.69, 9.17) is 10.5 Å². The van der Waals surface area contributed by atoms with Crippen molar-refractivity contribution < 1.29 is 4.79 Å². The lowest BCUT2D eigenvalue weighted by atomic mass is 10.0. The van der Waals surface area contributed by atoms with Gasteiger partial charge in [-0.05, 0) is 30.0 Å². The number of carbonyl (C=O) groups is 1. The second-order valence-corrected chi connectivity index (χ2v) is 6.84. The molecule has 1 aromatic carbocycles. The van der Waals surface area contributed by atoms with Gasteiger partial charge in [-0.25, -0.2) is 0 Å². The van der Waals surface area contributed by atoms with Gasteiger partial charge >= 0.3 is 0 Å². The van der Waals surface area contributed by atoms with E-state index in [1.807, 2.05) is 35.0 Å². The molecule has 5 nitrogen and oxygen atoms in total. The number of benzene rings is 1. The first kappa shape index (κ1) is 18.5. The first-order chi connectivity index (χ1) is 12.0. The van der Waals surface area contributed by atoms with E-state index in [-0.39, 0.29) is 12.5 Å². The minimum Gasteiger partial charge on any atom is -0.372 e. The van der Waals surface area contributed by atoms with Crippen LogP contribution in [0.1, 0.15) is 25.8 Å². The number of hydrogen-bond donors (Lipinski definition) is 2. The Hall–Kier alpha value is -2.83. The van der Waals surface area contributed by atoms with Gasteiger partial charge in [0.05, 0.1) is 23.4 Å². The smallest absolute Gasteiger partial charge is 0.243 e. The van der Waals surface area contributed by atoms with Crippen molar-refractivity contribution in [2.24, 2.45) is 5.92 Å². The van der Waals surface area contributed by atoms with Gasteiger partial charge in [-0.15, -0.1) is 11.3 Å². The van der Waals surface area contributed by atoms with Gasteiger partial charge < -0.3 is 10.6 Å². The van der Waals surface area contributed by atoms with E-state index in [9.17, 15) is 4.79 Å². The Morgan fingerprint density at radius 1 is 1.28 bits per heavy atom. The average Bonchev–Trinajstić information content (AvgIpc) is 3.07. The number of carbonyl (C=O) groups excluding carboxylic acids is 1. The van der Waals surface area contributed by atoms with Gasteiger partial charge in [0.1, 0.15) is 12.6 Å². The fourth-order valence-electron chi connectivity index (χ4n) is 2.53. The molecule has 2 aromatic rings. The first-order valence-electron chi connectivity index (χ1n) is 8.03. The molecule has 2 rings (SSSR count). The van der Waals surface area contributed by atoms with E-state index in [1.165, 1.54) is 11.3 Å². The van der Waals surface area contributed by atoms with Crippen LogP contribution < -0.4 is 10.6 Å². The highest BCUT2D eigenvalue weighted by Crippen LogP contribution is 2.33. The van der Waals surface area contributed by atoms with E-state index >= 15 is 0 Å². The minimum atomic E-state index is -0.416. The first-order valence-corrected chi connectivity index (χ1v) is 8.97. The number of nitrogens with one attached hydrogen (secondary N) is 2. The predicted molar refractivity (Wildman–Crippen MR) is 100.0 cm³/mol. The van der Waals surface area contributed by atoms with Gasteiger partial charge in [0, 0.05) is 16.3 Å². The number of nitrogens with zero attached hydrogens (tertiary/aromatic N) is 2. The molecular formula is C19H20N4OS. The summed E-state index contributed by atoms with van der Waals surface area (Å²) < 4.78 is 0. The molecule has 1 aromatic heterocycles. The molecule has 0 unspecified atom stereocenters. The fourth-order valence-corrected chi connectivity index (χ4v) is 3.33. The van der Waals surface area contributed by atoms with Gasteiger partial charge in [-0.3, -0.25) is 4.79 Å². The van der Waals surface area contributed by atoms with Gasteiger partial charge in [0.25, 0.3) is 0 Å². The molecule has 25 heavy (non-hydrogen) atoms. The van der Waals surface area contributed by atoms with Crippen LogP contribution >= 0.6 is 11.3 Å². The summed E-state index contributed by atoms with van der Waals surface area (Å²) >= 11 is 1.54. The van der Waals surface area contributed by atoms with Crippen LogP contribution in [0.5, 0.6) is 0 Å². The molecule has 0 spiro atoms. The summed E-state index contributed by atoms with van der Waals surface area (Å²) in [7, 11) is 0. The summed E-state index contributed by atoms with van der Waals surface area (Å²) in [6.07, 6.45) is 0.658. The molecule has 1 heterocycles. The Labute approximate surface area is 151 Å². The molecule has 0 fully saturated rings. The Bertz CT molecular complexity index is 813. The van der Waals surface area contributed by atoms with Crippen molar-refractivity contribution in [1.29, 1.82) is 10.5 Å². The van der Waals surface area contributed by atoms with Crippen LogP contribution in [0.2, 0.25) is 0 Å². The van der Waals surface area contributed by atoms with Crippen molar-refractivity contribution in [3.63, 3.8) is 0 Å². The van der Waals surface area contributed by atoms with Crippen molar-refractivity contribution in [2.45, 2.75) is 26.3 Å². The normalized spacial score (nSPS) is 11.4. The average molecular weight is 352 g/mol. The third-order valence-corrected chi connectivity index (χ3v) is 4.40. The predicted octanol–water partition coefficient (Wildman–Crippen LogP) is 3.75. The molecule has 0 radical (unpaired) electrons. The van der Waals surface area contributed by atoms with Crippen molar-refractivity contribution in [2.75, 3.05) is 11.9 Å². The van der Waals surface area contributed by atoms with Crippen LogP contribution in [0.25, 0.3) is 11.1 Å². The topological polar surface area (TPSA) is 88.7 Å². The molecule has 1 amide bonds. The zero-order chi connectivity index (χ0) is 18.2. The highest BCUT2D eigenvalue weighted by Gasteiger charge is 2.21. The number of amides is 1. The van der Waals surface area contributed by atoms with Crippen molar-refractivity contribution in [3.8, 4) is 23.3 Å². The molecule has 0 aliphatic carbocycles. The molecule has 0 aliphatic rings. The Morgan fingerprint density at radius 3 is 2.76 bits per heavy atom. The quantitative estimate of drug-likeness (QED) is 0.743. The van der Waals surface area contributed by atoms with Gasteiger partial charge in [0.2, 0.25) is 5.91 Å².